The smallest absolute Gasteiger partial charge is 0.133 e. The van der Waals surface area contributed by atoms with Gasteiger partial charge in [-0.05, 0) is 46.5 Å². The molecule has 3 nitrogen and oxygen atoms in total. The highest BCUT2D eigenvalue weighted by molar-refractivity contribution is 9.10. The van der Waals surface area contributed by atoms with Gasteiger partial charge in [0.25, 0.3) is 0 Å². The molecule has 0 unspecified atom stereocenters. The summed E-state index contributed by atoms with van der Waals surface area (Å²) in [5.74, 6) is 0.785. The van der Waals surface area contributed by atoms with Crippen LogP contribution in [0.15, 0.2) is 59.1 Å². The summed E-state index contributed by atoms with van der Waals surface area (Å²) < 4.78 is 6.74. The largest absolute Gasteiger partial charge is 0.489 e. The summed E-state index contributed by atoms with van der Waals surface area (Å²) in [6.45, 7) is 3.08. The minimum Gasteiger partial charge on any atom is -0.489 e. The lowest BCUT2D eigenvalue weighted by molar-refractivity contribution is -0.0538. The van der Waals surface area contributed by atoms with Crippen LogP contribution in [0.3, 0.4) is 0 Å². The van der Waals surface area contributed by atoms with Crippen molar-refractivity contribution in [1.82, 2.24) is 4.90 Å². The van der Waals surface area contributed by atoms with Crippen LogP contribution in [0.5, 0.6) is 5.75 Å². The third-order valence-electron chi connectivity index (χ3n) is 4.37. The molecule has 0 aromatic heterocycles. The van der Waals surface area contributed by atoms with E-state index in [9.17, 15) is 5.11 Å². The Morgan fingerprint density at radius 2 is 1.65 bits per heavy atom. The van der Waals surface area contributed by atoms with Gasteiger partial charge in [-0.25, -0.2) is 0 Å². The number of halogens is 1. The Morgan fingerprint density at radius 3 is 2.35 bits per heavy atom. The summed E-state index contributed by atoms with van der Waals surface area (Å²) in [6, 6.07) is 18.2. The first-order valence-corrected chi connectivity index (χ1v) is 8.80. The molecule has 0 radical (unpaired) electrons. The number of piperidine rings is 1. The molecule has 0 saturated carbocycles. The molecule has 1 aliphatic rings. The van der Waals surface area contributed by atoms with E-state index < -0.39 is 5.60 Å². The van der Waals surface area contributed by atoms with E-state index in [1.165, 1.54) is 5.56 Å². The zero-order valence-corrected chi connectivity index (χ0v) is 14.7. The maximum atomic E-state index is 10.7. The molecule has 1 heterocycles. The Hall–Kier alpha value is -1.36. The molecule has 0 aliphatic carbocycles. The quantitative estimate of drug-likeness (QED) is 0.861. The van der Waals surface area contributed by atoms with E-state index in [0.717, 1.165) is 42.7 Å². The average molecular weight is 376 g/mol. The van der Waals surface area contributed by atoms with Gasteiger partial charge in [-0.1, -0.05) is 42.5 Å². The molecule has 0 atom stereocenters. The van der Waals surface area contributed by atoms with Gasteiger partial charge in [-0.3, -0.25) is 4.90 Å². The molecular formula is C19H22BrNO2. The highest BCUT2D eigenvalue weighted by Gasteiger charge is 2.33. The van der Waals surface area contributed by atoms with E-state index in [1.807, 2.05) is 30.3 Å². The van der Waals surface area contributed by atoms with Crippen LogP contribution in [-0.4, -0.2) is 35.3 Å². The number of rotatable bonds is 5. The van der Waals surface area contributed by atoms with Crippen molar-refractivity contribution in [2.24, 2.45) is 0 Å². The van der Waals surface area contributed by atoms with E-state index in [1.54, 1.807) is 0 Å². The Morgan fingerprint density at radius 1 is 1.00 bits per heavy atom. The summed E-state index contributed by atoms with van der Waals surface area (Å²) in [6.07, 6.45) is 1.48. The minimum atomic E-state index is -0.734. The standard InChI is InChI=1S/C19H22BrNO2/c20-17-8-4-5-9-18(17)23-15-19(22)10-12-21(13-11-19)14-16-6-2-1-3-7-16/h1-9,22H,10-15H2. The topological polar surface area (TPSA) is 32.7 Å². The Kier molecular flexibility index (Phi) is 5.36. The van der Waals surface area contributed by atoms with Crippen molar-refractivity contribution in [1.29, 1.82) is 0 Å². The third kappa shape index (κ3) is 4.56. The molecule has 122 valence electrons. The van der Waals surface area contributed by atoms with Gasteiger partial charge >= 0.3 is 0 Å². The number of benzene rings is 2. The molecule has 1 saturated heterocycles. The normalized spacial score (nSPS) is 17.8. The summed E-state index contributed by atoms with van der Waals surface area (Å²) in [5.41, 5.74) is 0.588. The van der Waals surface area contributed by atoms with Crippen LogP contribution >= 0.6 is 15.9 Å². The number of hydrogen-bond donors (Lipinski definition) is 1. The molecule has 0 bridgehead atoms. The number of ether oxygens (including phenoxy) is 1. The van der Waals surface area contributed by atoms with Crippen molar-refractivity contribution in [3.63, 3.8) is 0 Å². The average Bonchev–Trinajstić information content (AvgIpc) is 2.58. The highest BCUT2D eigenvalue weighted by Crippen LogP contribution is 2.28. The zero-order chi connectivity index (χ0) is 16.1. The Bertz CT molecular complexity index is 624. The maximum Gasteiger partial charge on any atom is 0.133 e. The molecule has 1 aliphatic heterocycles. The highest BCUT2D eigenvalue weighted by atomic mass is 79.9. The van der Waals surface area contributed by atoms with Gasteiger partial charge in [0, 0.05) is 19.6 Å². The SMILES string of the molecule is OC1(COc2ccccc2Br)CCN(Cc2ccccc2)CC1. The summed E-state index contributed by atoms with van der Waals surface area (Å²) in [5, 5.41) is 10.7. The van der Waals surface area contributed by atoms with Gasteiger partial charge in [0.1, 0.15) is 18.0 Å². The van der Waals surface area contributed by atoms with Gasteiger partial charge in [-0.2, -0.15) is 0 Å². The van der Waals surface area contributed by atoms with Crippen molar-refractivity contribution in [2.45, 2.75) is 25.0 Å². The van der Waals surface area contributed by atoms with Crippen molar-refractivity contribution >= 4 is 15.9 Å². The van der Waals surface area contributed by atoms with Crippen LogP contribution in [0.4, 0.5) is 0 Å². The predicted octanol–water partition coefficient (Wildman–Crippen LogP) is 3.86. The van der Waals surface area contributed by atoms with Crippen molar-refractivity contribution < 1.29 is 9.84 Å². The van der Waals surface area contributed by atoms with Gasteiger partial charge in [0.2, 0.25) is 0 Å². The molecule has 1 N–H and O–H groups in total. The monoisotopic (exact) mass is 375 g/mol. The van der Waals surface area contributed by atoms with Crippen LogP contribution in [0.1, 0.15) is 18.4 Å². The molecule has 23 heavy (non-hydrogen) atoms. The lowest BCUT2D eigenvalue weighted by atomic mass is 9.92. The predicted molar refractivity (Wildman–Crippen MR) is 95.5 cm³/mol. The van der Waals surface area contributed by atoms with Crippen molar-refractivity contribution in [3.05, 3.63) is 64.6 Å². The Labute approximate surface area is 146 Å². The van der Waals surface area contributed by atoms with Crippen LogP contribution in [0.25, 0.3) is 0 Å². The summed E-state index contributed by atoms with van der Waals surface area (Å²) in [7, 11) is 0. The van der Waals surface area contributed by atoms with E-state index in [4.69, 9.17) is 4.74 Å². The third-order valence-corrected chi connectivity index (χ3v) is 5.02. The second-order valence-electron chi connectivity index (χ2n) is 6.21. The second-order valence-corrected chi connectivity index (χ2v) is 7.06. The van der Waals surface area contributed by atoms with E-state index in [2.05, 4.69) is 45.1 Å². The molecule has 2 aromatic rings. The molecular weight excluding hydrogens is 354 g/mol. The fourth-order valence-electron chi connectivity index (χ4n) is 2.89. The first kappa shape index (κ1) is 16.5. The lowest BCUT2D eigenvalue weighted by Crippen LogP contribution is -2.47. The van der Waals surface area contributed by atoms with Crippen LogP contribution < -0.4 is 4.74 Å². The summed E-state index contributed by atoms with van der Waals surface area (Å²) >= 11 is 3.47. The van der Waals surface area contributed by atoms with Crippen LogP contribution in [0, 0.1) is 0 Å². The molecule has 0 spiro atoms. The molecule has 2 aromatic carbocycles. The van der Waals surface area contributed by atoms with Gasteiger partial charge in [-0.15, -0.1) is 0 Å². The van der Waals surface area contributed by atoms with Crippen molar-refractivity contribution in [2.75, 3.05) is 19.7 Å². The summed E-state index contributed by atoms with van der Waals surface area (Å²) in [4.78, 5) is 2.39. The first-order valence-electron chi connectivity index (χ1n) is 8.01. The van der Waals surface area contributed by atoms with E-state index >= 15 is 0 Å². The first-order chi connectivity index (χ1) is 11.1. The van der Waals surface area contributed by atoms with Crippen LogP contribution in [-0.2, 0) is 6.54 Å². The number of hydrogen-bond acceptors (Lipinski definition) is 3. The van der Waals surface area contributed by atoms with Crippen LogP contribution in [0.2, 0.25) is 0 Å². The number of likely N-dealkylation sites (tertiary alicyclic amines) is 1. The molecule has 1 fully saturated rings. The van der Waals surface area contributed by atoms with Gasteiger partial charge in [0.05, 0.1) is 4.47 Å². The van der Waals surface area contributed by atoms with Crippen molar-refractivity contribution in [3.8, 4) is 5.75 Å². The van der Waals surface area contributed by atoms with E-state index in [-0.39, 0.29) is 0 Å². The number of aliphatic hydroxyl groups is 1. The lowest BCUT2D eigenvalue weighted by Gasteiger charge is -2.38. The Balaban J connectivity index is 1.50. The number of nitrogens with zero attached hydrogens (tertiary/aromatic N) is 1. The maximum absolute atomic E-state index is 10.7. The molecule has 4 heteroatoms. The number of para-hydroxylation sites is 1. The second kappa shape index (κ2) is 7.47. The fraction of sp³-hybridized carbons (Fsp3) is 0.368. The molecule has 3 rings (SSSR count). The molecule has 0 amide bonds. The fourth-order valence-corrected chi connectivity index (χ4v) is 3.29. The van der Waals surface area contributed by atoms with E-state index in [0.29, 0.717) is 6.61 Å². The minimum absolute atomic E-state index is 0.342. The van der Waals surface area contributed by atoms with Gasteiger partial charge in [0.15, 0.2) is 0 Å². The zero-order valence-electron chi connectivity index (χ0n) is 13.1. The van der Waals surface area contributed by atoms with Gasteiger partial charge < -0.3 is 9.84 Å².